The van der Waals surface area contributed by atoms with Crippen molar-refractivity contribution in [2.45, 2.75) is 30.8 Å². The Morgan fingerprint density at radius 3 is 2.62 bits per heavy atom. The lowest BCUT2D eigenvalue weighted by atomic mass is 10.2. The summed E-state index contributed by atoms with van der Waals surface area (Å²) in [5.41, 5.74) is 4.36. The number of thioether (sulfide) groups is 1. The van der Waals surface area contributed by atoms with Crippen molar-refractivity contribution in [3.63, 3.8) is 0 Å². The molecule has 4 aromatic rings. The third-order valence-corrected chi connectivity index (χ3v) is 5.06. The van der Waals surface area contributed by atoms with E-state index in [0.29, 0.717) is 5.56 Å². The number of H-pyrrole nitrogens is 1. The zero-order chi connectivity index (χ0) is 18.8. The van der Waals surface area contributed by atoms with Crippen molar-refractivity contribution in [1.82, 2.24) is 20.3 Å². The van der Waals surface area contributed by atoms with E-state index in [9.17, 15) is 4.79 Å². The summed E-state index contributed by atoms with van der Waals surface area (Å²) in [7, 11) is 0. The standard InChI is InChI=1S/C21H20N4OS.2ClH/c1-13(2)22-20(26)15-8-10-18-19(11-15)25-21(24-18)27-12-16-9-7-14-5-3-4-6-17(14)23-16;;/h3-11,13H,12H2,1-2H3,(H,22,26)(H,24,25);2*1H. The van der Waals surface area contributed by atoms with Gasteiger partial charge in [0.05, 0.1) is 22.2 Å². The van der Waals surface area contributed by atoms with Crippen LogP contribution in [0.5, 0.6) is 0 Å². The van der Waals surface area contributed by atoms with Gasteiger partial charge in [-0.15, -0.1) is 24.8 Å². The van der Waals surface area contributed by atoms with Crippen LogP contribution in [0, 0.1) is 0 Å². The third-order valence-electron chi connectivity index (χ3n) is 4.15. The normalized spacial score (nSPS) is 10.6. The second-order valence-electron chi connectivity index (χ2n) is 6.69. The van der Waals surface area contributed by atoms with Gasteiger partial charge in [-0.1, -0.05) is 36.0 Å². The Morgan fingerprint density at radius 2 is 1.83 bits per heavy atom. The van der Waals surface area contributed by atoms with Gasteiger partial charge < -0.3 is 10.3 Å². The van der Waals surface area contributed by atoms with Crippen LogP contribution in [0.25, 0.3) is 21.9 Å². The second-order valence-corrected chi connectivity index (χ2v) is 7.65. The van der Waals surface area contributed by atoms with Crippen molar-refractivity contribution in [2.24, 2.45) is 0 Å². The van der Waals surface area contributed by atoms with Crippen LogP contribution in [0.15, 0.2) is 59.8 Å². The molecule has 0 saturated heterocycles. The molecule has 5 nitrogen and oxygen atoms in total. The number of carbonyl (C=O) groups is 1. The molecule has 0 aliphatic heterocycles. The van der Waals surface area contributed by atoms with E-state index >= 15 is 0 Å². The summed E-state index contributed by atoms with van der Waals surface area (Å²) in [5, 5.41) is 4.87. The molecule has 0 radical (unpaired) electrons. The molecule has 2 aromatic heterocycles. The third kappa shape index (κ3) is 5.41. The number of benzene rings is 2. The fourth-order valence-corrected chi connectivity index (χ4v) is 3.66. The molecule has 0 saturated carbocycles. The van der Waals surface area contributed by atoms with Crippen molar-refractivity contribution in [3.05, 3.63) is 65.9 Å². The first-order valence-electron chi connectivity index (χ1n) is 8.86. The molecule has 4 rings (SSSR count). The number of hydrogen-bond donors (Lipinski definition) is 2. The highest BCUT2D eigenvalue weighted by Crippen LogP contribution is 2.24. The van der Waals surface area contributed by atoms with Crippen LogP contribution in [0.1, 0.15) is 29.9 Å². The van der Waals surface area contributed by atoms with Crippen LogP contribution in [0.3, 0.4) is 0 Å². The zero-order valence-corrected chi connectivity index (χ0v) is 18.5. The average molecular weight is 449 g/mol. The number of para-hydroxylation sites is 1. The first-order valence-corrected chi connectivity index (χ1v) is 9.85. The zero-order valence-electron chi connectivity index (χ0n) is 16.0. The predicted molar refractivity (Wildman–Crippen MR) is 124 cm³/mol. The molecule has 2 aromatic carbocycles. The Labute approximate surface area is 185 Å². The summed E-state index contributed by atoms with van der Waals surface area (Å²) in [5.74, 6) is 0.654. The molecule has 0 aliphatic carbocycles. The number of hydrogen-bond acceptors (Lipinski definition) is 4. The van der Waals surface area contributed by atoms with Crippen LogP contribution in [-0.2, 0) is 5.75 Å². The summed E-state index contributed by atoms with van der Waals surface area (Å²) in [6.07, 6.45) is 0. The fourth-order valence-electron chi connectivity index (χ4n) is 2.87. The quantitative estimate of drug-likeness (QED) is 0.401. The summed E-state index contributed by atoms with van der Waals surface area (Å²) in [4.78, 5) is 24.8. The van der Waals surface area contributed by atoms with Crippen molar-refractivity contribution >= 4 is 64.4 Å². The molecule has 0 fully saturated rings. The number of pyridine rings is 1. The SMILES string of the molecule is CC(C)NC(=O)c1ccc2nc(SCc3ccc4ccccc4n3)[nH]c2c1.Cl.Cl. The first-order chi connectivity index (χ1) is 13.1. The van der Waals surface area contributed by atoms with Crippen LogP contribution in [0.2, 0.25) is 0 Å². The van der Waals surface area contributed by atoms with Crippen molar-refractivity contribution in [1.29, 1.82) is 0 Å². The molecule has 1 amide bonds. The number of imidazole rings is 1. The van der Waals surface area contributed by atoms with Gasteiger partial charge in [0.2, 0.25) is 0 Å². The maximum atomic E-state index is 12.2. The monoisotopic (exact) mass is 448 g/mol. The maximum absolute atomic E-state index is 12.2. The molecule has 0 unspecified atom stereocenters. The summed E-state index contributed by atoms with van der Waals surface area (Å²) in [6, 6.07) is 17.9. The van der Waals surface area contributed by atoms with Crippen LogP contribution in [-0.4, -0.2) is 26.9 Å². The van der Waals surface area contributed by atoms with E-state index < -0.39 is 0 Å². The van der Waals surface area contributed by atoms with E-state index in [1.54, 1.807) is 17.8 Å². The number of rotatable bonds is 5. The minimum atomic E-state index is -0.0731. The Bertz CT molecular complexity index is 1130. The van der Waals surface area contributed by atoms with Crippen LogP contribution >= 0.6 is 36.6 Å². The van der Waals surface area contributed by atoms with E-state index in [0.717, 1.165) is 38.5 Å². The Balaban J connectivity index is 0.00000150. The van der Waals surface area contributed by atoms with Gasteiger partial charge in [-0.3, -0.25) is 9.78 Å². The maximum Gasteiger partial charge on any atom is 0.251 e. The molecule has 0 aliphatic rings. The van der Waals surface area contributed by atoms with E-state index in [-0.39, 0.29) is 36.8 Å². The molecule has 29 heavy (non-hydrogen) atoms. The highest BCUT2D eigenvalue weighted by molar-refractivity contribution is 7.98. The van der Waals surface area contributed by atoms with E-state index in [1.807, 2.05) is 50.2 Å². The van der Waals surface area contributed by atoms with Gasteiger partial charge in [-0.2, -0.15) is 0 Å². The number of amides is 1. The number of nitrogens with zero attached hydrogens (tertiary/aromatic N) is 2. The number of carbonyl (C=O) groups excluding carboxylic acids is 1. The molecule has 2 heterocycles. The Kier molecular flexibility index (Phi) is 7.90. The van der Waals surface area contributed by atoms with Gasteiger partial charge in [0.25, 0.3) is 5.91 Å². The number of aromatic amines is 1. The molecule has 0 atom stereocenters. The summed E-state index contributed by atoms with van der Waals surface area (Å²) < 4.78 is 0. The lowest BCUT2D eigenvalue weighted by molar-refractivity contribution is 0.0943. The largest absolute Gasteiger partial charge is 0.350 e. The minimum Gasteiger partial charge on any atom is -0.350 e. The molecule has 8 heteroatoms. The molecule has 2 N–H and O–H groups in total. The van der Waals surface area contributed by atoms with E-state index in [2.05, 4.69) is 27.4 Å². The number of aromatic nitrogens is 3. The minimum absolute atomic E-state index is 0. The van der Waals surface area contributed by atoms with Gasteiger partial charge in [0.15, 0.2) is 5.16 Å². The number of halogens is 2. The first kappa shape index (κ1) is 23.0. The number of fused-ring (bicyclic) bond motifs is 2. The van der Waals surface area contributed by atoms with Crippen molar-refractivity contribution in [2.75, 3.05) is 0 Å². The molecule has 0 bridgehead atoms. The van der Waals surface area contributed by atoms with Crippen molar-refractivity contribution < 1.29 is 4.79 Å². The summed E-state index contributed by atoms with van der Waals surface area (Å²) >= 11 is 1.60. The topological polar surface area (TPSA) is 70.7 Å². The van der Waals surface area contributed by atoms with E-state index in [1.165, 1.54) is 0 Å². The smallest absolute Gasteiger partial charge is 0.251 e. The highest BCUT2D eigenvalue weighted by atomic mass is 35.5. The molecular weight excluding hydrogens is 427 g/mol. The average Bonchev–Trinajstić information content (AvgIpc) is 3.07. The Hall–Kier alpha value is -2.28. The van der Waals surface area contributed by atoms with Gasteiger partial charge >= 0.3 is 0 Å². The fraction of sp³-hybridized carbons (Fsp3) is 0.190. The molecule has 0 spiro atoms. The predicted octanol–water partition coefficient (Wildman–Crippen LogP) is 5.39. The van der Waals surface area contributed by atoms with Crippen LogP contribution in [0.4, 0.5) is 0 Å². The van der Waals surface area contributed by atoms with Crippen LogP contribution < -0.4 is 5.32 Å². The molecule has 152 valence electrons. The molecular formula is C21H22Cl2N4OS. The lowest BCUT2D eigenvalue weighted by Crippen LogP contribution is -2.29. The van der Waals surface area contributed by atoms with Gasteiger partial charge in [0.1, 0.15) is 0 Å². The summed E-state index contributed by atoms with van der Waals surface area (Å²) in [6.45, 7) is 3.89. The Morgan fingerprint density at radius 1 is 1.03 bits per heavy atom. The van der Waals surface area contributed by atoms with Gasteiger partial charge in [-0.25, -0.2) is 4.98 Å². The lowest BCUT2D eigenvalue weighted by Gasteiger charge is -2.07. The van der Waals surface area contributed by atoms with Gasteiger partial charge in [0, 0.05) is 22.7 Å². The van der Waals surface area contributed by atoms with E-state index in [4.69, 9.17) is 4.98 Å². The highest BCUT2D eigenvalue weighted by Gasteiger charge is 2.10. The number of nitrogens with one attached hydrogen (secondary N) is 2. The van der Waals surface area contributed by atoms with Gasteiger partial charge in [-0.05, 0) is 44.2 Å². The second kappa shape index (κ2) is 9.96. The van der Waals surface area contributed by atoms with Crippen molar-refractivity contribution in [3.8, 4) is 0 Å².